The van der Waals surface area contributed by atoms with Crippen molar-refractivity contribution in [2.24, 2.45) is 23.7 Å². The van der Waals surface area contributed by atoms with Gasteiger partial charge in [0.05, 0.1) is 0 Å². The van der Waals surface area contributed by atoms with Crippen molar-refractivity contribution in [1.29, 1.82) is 0 Å². The van der Waals surface area contributed by atoms with Gasteiger partial charge in [0.15, 0.2) is 0 Å². The van der Waals surface area contributed by atoms with Gasteiger partial charge in [-0.2, -0.15) is 0 Å². The molecule has 0 aromatic heterocycles. The average molecular weight is 412 g/mol. The zero-order valence-electron chi connectivity index (χ0n) is 11.2. The standard InChI is InChI=1S/C14H23O2PSe2/c18-17(19,15-13-7-9-1-3-11(13)5-9)16-14-8-10-2-4-12(14)6-10/h9-14H,1-8H2,(H,18,19). The third-order valence-electron chi connectivity index (χ3n) is 5.88. The van der Waals surface area contributed by atoms with Crippen molar-refractivity contribution < 1.29 is 9.05 Å². The van der Waals surface area contributed by atoms with Crippen molar-refractivity contribution >= 4 is 35.3 Å². The van der Waals surface area contributed by atoms with E-state index >= 15 is 0 Å². The Morgan fingerprint density at radius 2 is 1.26 bits per heavy atom. The molecule has 5 heteroatoms. The van der Waals surface area contributed by atoms with E-state index in [1.54, 1.807) is 0 Å². The number of fused-ring (bicyclic) bond motifs is 4. The summed E-state index contributed by atoms with van der Waals surface area (Å²) in [6.07, 6.45) is 12.0. The fourth-order valence-corrected chi connectivity index (χ4v) is 9.16. The molecule has 4 saturated carbocycles. The number of hydrogen-bond donors (Lipinski definition) is 0. The van der Waals surface area contributed by atoms with E-state index in [9.17, 15) is 0 Å². The van der Waals surface area contributed by atoms with Gasteiger partial charge in [-0.3, -0.25) is 0 Å². The maximum atomic E-state index is 6.41. The van der Waals surface area contributed by atoms with E-state index in [4.69, 9.17) is 9.05 Å². The molecule has 2 nitrogen and oxygen atoms in total. The molecule has 0 saturated heterocycles. The molecule has 0 aliphatic heterocycles. The van der Waals surface area contributed by atoms with Gasteiger partial charge in [0, 0.05) is 0 Å². The van der Waals surface area contributed by atoms with E-state index < -0.39 is 4.65 Å². The molecule has 0 aromatic carbocycles. The van der Waals surface area contributed by atoms with Crippen LogP contribution in [-0.2, 0) is 9.05 Å². The molecular weight excluding hydrogens is 389 g/mol. The Kier molecular flexibility index (Phi) is 3.86. The Morgan fingerprint density at radius 1 is 0.789 bits per heavy atom. The van der Waals surface area contributed by atoms with Crippen molar-refractivity contribution in [3.8, 4) is 0 Å². The summed E-state index contributed by atoms with van der Waals surface area (Å²) < 4.78 is 11.0. The van der Waals surface area contributed by atoms with Crippen molar-refractivity contribution in [3.05, 3.63) is 0 Å². The first-order valence-electron chi connectivity index (χ1n) is 7.78. The fraction of sp³-hybridized carbons (Fsp3) is 1.00. The summed E-state index contributed by atoms with van der Waals surface area (Å²) in [4.78, 5) is 0. The van der Waals surface area contributed by atoms with Gasteiger partial charge in [0.2, 0.25) is 0 Å². The predicted octanol–water partition coefficient (Wildman–Crippen LogP) is 3.14. The molecule has 4 bridgehead atoms. The van der Waals surface area contributed by atoms with E-state index in [0.717, 1.165) is 23.7 Å². The predicted molar refractivity (Wildman–Crippen MR) is 80.5 cm³/mol. The molecule has 19 heavy (non-hydrogen) atoms. The van der Waals surface area contributed by atoms with Crippen LogP contribution in [0.2, 0.25) is 0 Å². The number of rotatable bonds is 4. The minimum absolute atomic E-state index is 0.482. The molecule has 108 valence electrons. The SMILES string of the molecule is [Se]=P([SeH])(OC1CC2CCC1C2)OC1CC2CCC1C2. The Labute approximate surface area is 131 Å². The van der Waals surface area contributed by atoms with Gasteiger partial charge in [-0.05, 0) is 0 Å². The zero-order chi connectivity index (χ0) is 13.0. The molecule has 0 amide bonds. The van der Waals surface area contributed by atoms with Gasteiger partial charge in [-0.15, -0.1) is 0 Å². The van der Waals surface area contributed by atoms with E-state index in [-0.39, 0.29) is 0 Å². The van der Waals surface area contributed by atoms with Crippen LogP contribution in [0.1, 0.15) is 51.4 Å². The summed E-state index contributed by atoms with van der Waals surface area (Å²) in [5, 5.41) is 0. The molecule has 4 rings (SSSR count). The van der Waals surface area contributed by atoms with Crippen LogP contribution >= 0.6 is 4.65 Å². The van der Waals surface area contributed by atoms with E-state index in [1.807, 2.05) is 0 Å². The van der Waals surface area contributed by atoms with Gasteiger partial charge in [-0.25, -0.2) is 0 Å². The monoisotopic (exact) mass is 414 g/mol. The normalized spacial score (nSPS) is 50.8. The molecule has 0 N–H and O–H groups in total. The first-order chi connectivity index (χ1) is 9.09. The molecule has 6 unspecified atom stereocenters. The summed E-state index contributed by atoms with van der Waals surface area (Å²) in [5.74, 6) is 3.55. The summed E-state index contributed by atoms with van der Waals surface area (Å²) in [6, 6.07) is 0. The molecule has 4 aliphatic carbocycles. The van der Waals surface area contributed by atoms with Crippen LogP contribution in [0.5, 0.6) is 0 Å². The Hall–Kier alpha value is 1.39. The Balaban J connectivity index is 1.36. The number of hydrogen-bond acceptors (Lipinski definition) is 2. The van der Waals surface area contributed by atoms with Crippen LogP contribution < -0.4 is 0 Å². The van der Waals surface area contributed by atoms with Gasteiger partial charge >= 0.3 is 132 Å². The molecule has 0 aromatic rings. The molecule has 0 radical (unpaired) electrons. The molecule has 0 spiro atoms. The third kappa shape index (κ3) is 2.85. The van der Waals surface area contributed by atoms with Gasteiger partial charge in [0.25, 0.3) is 0 Å². The molecule has 0 heterocycles. The molecule has 6 atom stereocenters. The van der Waals surface area contributed by atoms with Crippen molar-refractivity contribution in [3.63, 3.8) is 0 Å². The van der Waals surface area contributed by atoms with Crippen LogP contribution in [0, 0.1) is 23.7 Å². The van der Waals surface area contributed by atoms with Crippen LogP contribution in [0.3, 0.4) is 0 Å². The zero-order valence-corrected chi connectivity index (χ0v) is 15.7. The topological polar surface area (TPSA) is 18.5 Å². The van der Waals surface area contributed by atoms with Gasteiger partial charge in [-0.1, -0.05) is 0 Å². The van der Waals surface area contributed by atoms with E-state index in [1.165, 1.54) is 51.4 Å². The summed E-state index contributed by atoms with van der Waals surface area (Å²) >= 11 is 5.98. The van der Waals surface area contributed by atoms with Gasteiger partial charge in [0.1, 0.15) is 0 Å². The summed E-state index contributed by atoms with van der Waals surface area (Å²) in [5.41, 5.74) is 0. The van der Waals surface area contributed by atoms with E-state index in [2.05, 4.69) is 30.7 Å². The van der Waals surface area contributed by atoms with Crippen LogP contribution in [0.25, 0.3) is 0 Å². The van der Waals surface area contributed by atoms with Crippen molar-refractivity contribution in [1.82, 2.24) is 0 Å². The molecule has 4 aliphatic rings. The first kappa shape index (κ1) is 14.0. The molecule has 4 fully saturated rings. The average Bonchev–Trinajstić information content (AvgIpc) is 3.06. The first-order valence-corrected chi connectivity index (χ1v) is 14.1. The van der Waals surface area contributed by atoms with Crippen molar-refractivity contribution in [2.75, 3.05) is 0 Å². The van der Waals surface area contributed by atoms with Gasteiger partial charge < -0.3 is 0 Å². The van der Waals surface area contributed by atoms with Crippen LogP contribution in [0.4, 0.5) is 0 Å². The quantitative estimate of drug-likeness (QED) is 0.522. The Morgan fingerprint density at radius 3 is 1.58 bits per heavy atom. The second-order valence-electron chi connectivity index (χ2n) is 7.11. The maximum absolute atomic E-state index is 6.41. The van der Waals surface area contributed by atoms with Crippen LogP contribution in [0.15, 0.2) is 0 Å². The van der Waals surface area contributed by atoms with E-state index in [0.29, 0.717) is 12.2 Å². The summed E-state index contributed by atoms with van der Waals surface area (Å²) in [6.45, 7) is 0. The molecular formula is C14H23O2PSe2. The second kappa shape index (κ2) is 5.24. The minimum atomic E-state index is -1.79. The fourth-order valence-electron chi connectivity index (χ4n) is 5.00. The second-order valence-corrected chi connectivity index (χ2v) is 18.8. The summed E-state index contributed by atoms with van der Waals surface area (Å²) in [7, 11) is 0. The third-order valence-corrected chi connectivity index (χ3v) is 9.23. The van der Waals surface area contributed by atoms with Crippen LogP contribution in [-0.4, -0.2) is 42.9 Å². The van der Waals surface area contributed by atoms with Crippen molar-refractivity contribution in [2.45, 2.75) is 63.6 Å². The Bertz CT molecular complexity index is 382.